The Kier molecular flexibility index (Phi) is 6.51. The molecular weight excluding hydrogens is 412 g/mol. The van der Waals surface area contributed by atoms with Gasteiger partial charge in [0.1, 0.15) is 10.6 Å². The first-order valence-corrected chi connectivity index (χ1v) is 11.3. The van der Waals surface area contributed by atoms with Crippen LogP contribution < -0.4 is 10.1 Å². The van der Waals surface area contributed by atoms with Gasteiger partial charge in [-0.15, -0.1) is 0 Å². The van der Waals surface area contributed by atoms with Gasteiger partial charge < -0.3 is 10.1 Å². The van der Waals surface area contributed by atoms with E-state index in [1.807, 2.05) is 19.9 Å². The average molecular weight is 437 g/mol. The predicted molar refractivity (Wildman–Crippen MR) is 114 cm³/mol. The van der Waals surface area contributed by atoms with Gasteiger partial charge in [-0.2, -0.15) is 4.31 Å². The Morgan fingerprint density at radius 1 is 1.21 bits per heavy atom. The molecule has 0 saturated carbocycles. The van der Waals surface area contributed by atoms with Gasteiger partial charge in [0.05, 0.1) is 17.8 Å². The first-order valence-electron chi connectivity index (χ1n) is 9.51. The molecule has 0 spiro atoms. The Labute approximate surface area is 176 Å². The van der Waals surface area contributed by atoms with E-state index in [1.54, 1.807) is 12.1 Å². The van der Waals surface area contributed by atoms with Crippen molar-refractivity contribution in [3.63, 3.8) is 0 Å². The molecular formula is C21H25ClN2O4S. The number of hydrogen-bond acceptors (Lipinski definition) is 4. The van der Waals surface area contributed by atoms with E-state index in [-0.39, 0.29) is 22.3 Å². The SMILES string of the molecule is COc1ccc(C(=O)Nc2ccc(C)cc2Cl)cc1S(=O)(=O)N1CCCCC1C. The molecule has 0 radical (unpaired) electrons. The Balaban J connectivity index is 1.95. The number of hydrogen-bond donors (Lipinski definition) is 1. The normalized spacial score (nSPS) is 17.7. The van der Waals surface area contributed by atoms with Crippen LogP contribution in [0.15, 0.2) is 41.3 Å². The molecule has 0 aromatic heterocycles. The largest absolute Gasteiger partial charge is 0.495 e. The van der Waals surface area contributed by atoms with Crippen LogP contribution in [-0.4, -0.2) is 38.3 Å². The summed E-state index contributed by atoms with van der Waals surface area (Å²) in [6.45, 7) is 4.26. The maximum Gasteiger partial charge on any atom is 0.255 e. The lowest BCUT2D eigenvalue weighted by molar-refractivity contribution is 0.102. The van der Waals surface area contributed by atoms with Crippen LogP contribution in [-0.2, 0) is 10.0 Å². The minimum atomic E-state index is -3.79. The number of nitrogens with one attached hydrogen (secondary N) is 1. The smallest absolute Gasteiger partial charge is 0.255 e. The molecule has 1 heterocycles. The van der Waals surface area contributed by atoms with Crippen LogP contribution in [0.5, 0.6) is 5.75 Å². The summed E-state index contributed by atoms with van der Waals surface area (Å²) in [5.41, 5.74) is 1.65. The van der Waals surface area contributed by atoms with E-state index < -0.39 is 15.9 Å². The number of methoxy groups -OCH3 is 1. The van der Waals surface area contributed by atoms with Crippen molar-refractivity contribution >= 4 is 33.2 Å². The Morgan fingerprint density at radius 3 is 2.62 bits per heavy atom. The van der Waals surface area contributed by atoms with E-state index in [0.717, 1.165) is 24.8 Å². The van der Waals surface area contributed by atoms with Gasteiger partial charge in [0, 0.05) is 18.2 Å². The number of benzene rings is 2. The van der Waals surface area contributed by atoms with Crippen LogP contribution in [0.25, 0.3) is 0 Å². The number of halogens is 1. The molecule has 1 aliphatic heterocycles. The lowest BCUT2D eigenvalue weighted by atomic mass is 10.1. The molecule has 1 N–H and O–H groups in total. The van der Waals surface area contributed by atoms with Gasteiger partial charge >= 0.3 is 0 Å². The van der Waals surface area contributed by atoms with Crippen molar-refractivity contribution in [2.45, 2.75) is 44.0 Å². The van der Waals surface area contributed by atoms with Crippen molar-refractivity contribution in [3.8, 4) is 5.75 Å². The number of ether oxygens (including phenoxy) is 1. The molecule has 1 fully saturated rings. The molecule has 0 aliphatic carbocycles. The number of sulfonamides is 1. The molecule has 29 heavy (non-hydrogen) atoms. The number of carbonyl (C=O) groups excluding carboxylic acids is 1. The molecule has 3 rings (SSSR count). The maximum absolute atomic E-state index is 13.3. The lowest BCUT2D eigenvalue weighted by Crippen LogP contribution is -2.42. The number of aryl methyl sites for hydroxylation is 1. The zero-order chi connectivity index (χ0) is 21.2. The second-order valence-electron chi connectivity index (χ2n) is 7.26. The number of anilines is 1. The third-order valence-corrected chi connectivity index (χ3v) is 7.47. The minimum Gasteiger partial charge on any atom is -0.495 e. The average Bonchev–Trinajstić information content (AvgIpc) is 2.69. The van der Waals surface area contributed by atoms with Gasteiger partial charge in [-0.3, -0.25) is 4.79 Å². The molecule has 8 heteroatoms. The van der Waals surface area contributed by atoms with Crippen molar-refractivity contribution in [3.05, 3.63) is 52.5 Å². The standard InChI is InChI=1S/C21H25ClN2O4S/c1-14-7-9-18(17(22)12-14)23-21(25)16-8-10-19(28-3)20(13-16)29(26,27)24-11-5-4-6-15(24)2/h7-10,12-13,15H,4-6,11H2,1-3H3,(H,23,25). The van der Waals surface area contributed by atoms with Crippen LogP contribution in [0, 0.1) is 6.92 Å². The summed E-state index contributed by atoms with van der Waals surface area (Å²) in [5, 5.41) is 3.16. The summed E-state index contributed by atoms with van der Waals surface area (Å²) in [6, 6.07) is 9.62. The Bertz CT molecular complexity index is 1020. The lowest BCUT2D eigenvalue weighted by Gasteiger charge is -2.32. The molecule has 2 aromatic carbocycles. The van der Waals surface area contributed by atoms with Crippen LogP contribution in [0.3, 0.4) is 0 Å². The predicted octanol–water partition coefficient (Wildman–Crippen LogP) is 4.47. The highest BCUT2D eigenvalue weighted by atomic mass is 35.5. The summed E-state index contributed by atoms with van der Waals surface area (Å²) < 4.78 is 33.4. The molecule has 1 atom stereocenters. The topological polar surface area (TPSA) is 75.7 Å². The molecule has 1 amide bonds. The van der Waals surface area contributed by atoms with Crippen LogP contribution in [0.4, 0.5) is 5.69 Å². The zero-order valence-corrected chi connectivity index (χ0v) is 18.3. The van der Waals surface area contributed by atoms with Crippen LogP contribution in [0.1, 0.15) is 42.1 Å². The molecule has 6 nitrogen and oxygen atoms in total. The summed E-state index contributed by atoms with van der Waals surface area (Å²) in [5.74, 6) is -0.228. The molecule has 1 unspecified atom stereocenters. The Morgan fingerprint density at radius 2 is 1.97 bits per heavy atom. The maximum atomic E-state index is 13.3. The van der Waals surface area contributed by atoms with Gasteiger partial charge in [0.2, 0.25) is 10.0 Å². The second-order valence-corrected chi connectivity index (χ2v) is 9.53. The van der Waals surface area contributed by atoms with Gasteiger partial charge in [-0.25, -0.2) is 8.42 Å². The summed E-state index contributed by atoms with van der Waals surface area (Å²) in [4.78, 5) is 12.7. The van der Waals surface area contributed by atoms with Crippen LogP contribution >= 0.6 is 11.6 Å². The van der Waals surface area contributed by atoms with E-state index >= 15 is 0 Å². The highest BCUT2D eigenvalue weighted by Crippen LogP contribution is 2.32. The van der Waals surface area contributed by atoms with E-state index in [1.165, 1.54) is 29.6 Å². The van der Waals surface area contributed by atoms with Crippen LogP contribution in [0.2, 0.25) is 5.02 Å². The van der Waals surface area contributed by atoms with E-state index in [4.69, 9.17) is 16.3 Å². The number of rotatable bonds is 5. The molecule has 2 aromatic rings. The van der Waals surface area contributed by atoms with Crippen molar-refractivity contribution < 1.29 is 17.9 Å². The number of amides is 1. The fourth-order valence-corrected chi connectivity index (χ4v) is 5.66. The monoisotopic (exact) mass is 436 g/mol. The number of piperidine rings is 1. The minimum absolute atomic E-state index is 0.00333. The summed E-state index contributed by atoms with van der Waals surface area (Å²) in [7, 11) is -2.38. The fraction of sp³-hybridized carbons (Fsp3) is 0.381. The van der Waals surface area contributed by atoms with E-state index in [9.17, 15) is 13.2 Å². The number of carbonyl (C=O) groups is 1. The highest BCUT2D eigenvalue weighted by Gasteiger charge is 2.33. The first kappa shape index (κ1) is 21.6. The van der Waals surface area contributed by atoms with Gasteiger partial charge in [0.25, 0.3) is 5.91 Å². The van der Waals surface area contributed by atoms with Gasteiger partial charge in [-0.1, -0.05) is 24.1 Å². The Hall–Kier alpha value is -2.09. The molecule has 1 aliphatic rings. The fourth-order valence-electron chi connectivity index (χ4n) is 3.49. The van der Waals surface area contributed by atoms with Crippen molar-refractivity contribution in [1.29, 1.82) is 0 Å². The summed E-state index contributed by atoms with van der Waals surface area (Å²) in [6.07, 6.45) is 2.63. The molecule has 156 valence electrons. The molecule has 1 saturated heterocycles. The van der Waals surface area contributed by atoms with Crippen molar-refractivity contribution in [1.82, 2.24) is 4.31 Å². The third-order valence-electron chi connectivity index (χ3n) is 5.13. The second kappa shape index (κ2) is 8.73. The molecule has 0 bridgehead atoms. The first-order chi connectivity index (χ1) is 13.7. The number of nitrogens with zero attached hydrogens (tertiary/aromatic N) is 1. The van der Waals surface area contributed by atoms with Crippen molar-refractivity contribution in [2.75, 3.05) is 19.0 Å². The van der Waals surface area contributed by atoms with Gasteiger partial charge in [0.15, 0.2) is 0 Å². The third kappa shape index (κ3) is 4.57. The van der Waals surface area contributed by atoms with E-state index in [2.05, 4.69) is 5.32 Å². The highest BCUT2D eigenvalue weighted by molar-refractivity contribution is 7.89. The van der Waals surface area contributed by atoms with Gasteiger partial charge in [-0.05, 0) is 62.6 Å². The quantitative estimate of drug-likeness (QED) is 0.750. The van der Waals surface area contributed by atoms with Crippen molar-refractivity contribution in [2.24, 2.45) is 0 Å². The zero-order valence-electron chi connectivity index (χ0n) is 16.7. The summed E-state index contributed by atoms with van der Waals surface area (Å²) >= 11 is 6.19. The van der Waals surface area contributed by atoms with E-state index in [0.29, 0.717) is 17.3 Å².